The Morgan fingerprint density at radius 2 is 1.86 bits per heavy atom. The highest BCUT2D eigenvalue weighted by atomic mass is 16.1. The average Bonchev–Trinajstić information content (AvgIpc) is 2.74. The van der Waals surface area contributed by atoms with E-state index < -0.39 is 0 Å². The topological polar surface area (TPSA) is 58.1 Å². The molecular formula is C23H32N4O. The number of nitrogens with zero attached hydrogens (tertiary/aromatic N) is 3. The van der Waals surface area contributed by atoms with Gasteiger partial charge in [-0.25, -0.2) is 9.97 Å². The van der Waals surface area contributed by atoms with E-state index in [1.165, 1.54) is 24.8 Å². The van der Waals surface area contributed by atoms with E-state index in [0.29, 0.717) is 6.54 Å². The molecule has 1 N–H and O–H groups in total. The lowest BCUT2D eigenvalue weighted by Crippen LogP contribution is -2.43. The quantitative estimate of drug-likeness (QED) is 0.691. The van der Waals surface area contributed by atoms with Gasteiger partial charge in [0.25, 0.3) is 0 Å². The van der Waals surface area contributed by atoms with E-state index in [1.807, 2.05) is 12.4 Å². The van der Waals surface area contributed by atoms with E-state index in [9.17, 15) is 4.79 Å². The number of hydrogen-bond donors (Lipinski definition) is 1. The molecule has 1 atom stereocenters. The number of aromatic nitrogens is 2. The minimum absolute atomic E-state index is 0.0281. The first kappa shape index (κ1) is 20.3. The van der Waals surface area contributed by atoms with Gasteiger partial charge in [-0.2, -0.15) is 0 Å². The van der Waals surface area contributed by atoms with Crippen LogP contribution in [0.4, 0.5) is 5.95 Å². The number of hydrogen-bond acceptors (Lipinski definition) is 4. The first-order valence-corrected chi connectivity index (χ1v) is 10.6. The summed E-state index contributed by atoms with van der Waals surface area (Å²) in [5.41, 5.74) is 3.38. The Balaban J connectivity index is 1.55. The van der Waals surface area contributed by atoms with E-state index >= 15 is 0 Å². The highest BCUT2D eigenvalue weighted by Crippen LogP contribution is 2.23. The summed E-state index contributed by atoms with van der Waals surface area (Å²) >= 11 is 0. The van der Waals surface area contributed by atoms with Crippen LogP contribution in [-0.4, -0.2) is 35.5 Å². The molecule has 0 bridgehead atoms. The lowest BCUT2D eigenvalue weighted by atomic mass is 9.97. The zero-order valence-electron chi connectivity index (χ0n) is 17.2. The molecule has 0 aliphatic carbocycles. The van der Waals surface area contributed by atoms with E-state index in [-0.39, 0.29) is 11.8 Å². The predicted octanol–water partition coefficient (Wildman–Crippen LogP) is 4.36. The summed E-state index contributed by atoms with van der Waals surface area (Å²) in [7, 11) is 0. The molecule has 28 heavy (non-hydrogen) atoms. The van der Waals surface area contributed by atoms with Crippen LogP contribution in [0.25, 0.3) is 11.1 Å². The highest BCUT2D eigenvalue weighted by molar-refractivity contribution is 5.79. The van der Waals surface area contributed by atoms with Gasteiger partial charge in [0.1, 0.15) is 0 Å². The van der Waals surface area contributed by atoms with Gasteiger partial charge < -0.3 is 10.2 Å². The monoisotopic (exact) mass is 380 g/mol. The fraction of sp³-hybridized carbons (Fsp3) is 0.522. The van der Waals surface area contributed by atoms with Crippen molar-refractivity contribution >= 4 is 11.9 Å². The van der Waals surface area contributed by atoms with Crippen LogP contribution in [0.15, 0.2) is 36.7 Å². The van der Waals surface area contributed by atoms with Crippen LogP contribution < -0.4 is 10.2 Å². The Kier molecular flexibility index (Phi) is 7.40. The Hall–Kier alpha value is -2.43. The lowest BCUT2D eigenvalue weighted by Gasteiger charge is -2.32. The summed E-state index contributed by atoms with van der Waals surface area (Å²) < 4.78 is 0. The second-order valence-corrected chi connectivity index (χ2v) is 7.77. The third-order valence-corrected chi connectivity index (χ3v) is 5.43. The highest BCUT2D eigenvalue weighted by Gasteiger charge is 2.26. The summed E-state index contributed by atoms with van der Waals surface area (Å²) in [5.74, 6) is 0.925. The van der Waals surface area contributed by atoms with Crippen molar-refractivity contribution in [3.63, 3.8) is 0 Å². The zero-order valence-corrected chi connectivity index (χ0v) is 17.2. The van der Waals surface area contributed by atoms with Gasteiger partial charge in [0.15, 0.2) is 0 Å². The molecule has 1 aliphatic heterocycles. The minimum atomic E-state index is 0.0281. The standard InChI is InChI=1S/C23H32N4O/c1-3-4-5-6-13-24-22(28)20-8-7-14-27(17-20)23-25-15-21(16-26-23)19-11-9-18(2)10-12-19/h9-12,15-16,20H,3-8,13-14,17H2,1-2H3,(H,24,28)/t20-/m1/s1. The van der Waals surface area contributed by atoms with Gasteiger partial charge in [0, 0.05) is 37.6 Å². The lowest BCUT2D eigenvalue weighted by molar-refractivity contribution is -0.125. The van der Waals surface area contributed by atoms with Gasteiger partial charge >= 0.3 is 0 Å². The van der Waals surface area contributed by atoms with Crippen LogP contribution >= 0.6 is 0 Å². The van der Waals surface area contributed by atoms with Gasteiger partial charge in [0.05, 0.1) is 5.92 Å². The Labute approximate surface area is 168 Å². The largest absolute Gasteiger partial charge is 0.356 e. The van der Waals surface area contributed by atoms with Crippen molar-refractivity contribution in [2.75, 3.05) is 24.5 Å². The van der Waals surface area contributed by atoms with Crippen molar-refractivity contribution in [3.8, 4) is 11.1 Å². The number of rotatable bonds is 8. The van der Waals surface area contributed by atoms with Gasteiger partial charge in [0.2, 0.25) is 11.9 Å². The van der Waals surface area contributed by atoms with E-state index in [0.717, 1.165) is 49.4 Å². The summed E-state index contributed by atoms with van der Waals surface area (Å²) in [6.45, 7) is 6.67. The number of carbonyl (C=O) groups is 1. The first-order valence-electron chi connectivity index (χ1n) is 10.6. The van der Waals surface area contributed by atoms with E-state index in [1.54, 1.807) is 0 Å². The SMILES string of the molecule is CCCCCCNC(=O)[C@@H]1CCCN(c2ncc(-c3ccc(C)cc3)cn2)C1. The Morgan fingerprint density at radius 1 is 1.11 bits per heavy atom. The number of anilines is 1. The van der Waals surface area contributed by atoms with Crippen LogP contribution in [0.5, 0.6) is 0 Å². The fourth-order valence-electron chi connectivity index (χ4n) is 3.66. The maximum atomic E-state index is 12.5. The van der Waals surface area contributed by atoms with Crippen LogP contribution in [0, 0.1) is 12.8 Å². The fourth-order valence-corrected chi connectivity index (χ4v) is 3.66. The van der Waals surface area contributed by atoms with Gasteiger partial charge in [-0.3, -0.25) is 4.79 Å². The summed E-state index contributed by atoms with van der Waals surface area (Å²) in [5, 5.41) is 3.11. The average molecular weight is 381 g/mol. The molecule has 1 fully saturated rings. The van der Waals surface area contributed by atoms with Crippen molar-refractivity contribution in [3.05, 3.63) is 42.2 Å². The first-order chi connectivity index (χ1) is 13.7. The third kappa shape index (κ3) is 5.54. The molecule has 2 aromatic rings. The number of carbonyl (C=O) groups excluding carboxylic acids is 1. The predicted molar refractivity (Wildman–Crippen MR) is 114 cm³/mol. The molecule has 0 unspecified atom stereocenters. The summed E-state index contributed by atoms with van der Waals surface area (Å²) in [6, 6.07) is 8.38. The smallest absolute Gasteiger partial charge is 0.225 e. The Morgan fingerprint density at radius 3 is 2.57 bits per heavy atom. The molecule has 0 spiro atoms. The van der Waals surface area contributed by atoms with Gasteiger partial charge in [-0.15, -0.1) is 0 Å². The molecule has 5 heteroatoms. The maximum absolute atomic E-state index is 12.5. The molecule has 1 aromatic heterocycles. The molecule has 0 saturated carbocycles. The van der Waals surface area contributed by atoms with E-state index in [2.05, 4.69) is 58.3 Å². The van der Waals surface area contributed by atoms with Crippen LogP contribution in [0.1, 0.15) is 51.0 Å². The maximum Gasteiger partial charge on any atom is 0.225 e. The van der Waals surface area contributed by atoms with Gasteiger partial charge in [-0.1, -0.05) is 56.0 Å². The van der Waals surface area contributed by atoms with Crippen molar-refractivity contribution in [2.24, 2.45) is 5.92 Å². The van der Waals surface area contributed by atoms with Crippen LogP contribution in [0.3, 0.4) is 0 Å². The second-order valence-electron chi connectivity index (χ2n) is 7.77. The molecule has 150 valence electrons. The molecule has 1 aliphatic rings. The molecular weight excluding hydrogens is 348 g/mol. The van der Waals surface area contributed by atoms with Crippen molar-refractivity contribution in [1.82, 2.24) is 15.3 Å². The number of amides is 1. The normalized spacial score (nSPS) is 16.8. The second kappa shape index (κ2) is 10.2. The van der Waals surface area contributed by atoms with Crippen LogP contribution in [-0.2, 0) is 4.79 Å². The molecule has 5 nitrogen and oxygen atoms in total. The minimum Gasteiger partial charge on any atom is -0.356 e. The zero-order chi connectivity index (χ0) is 19.8. The van der Waals surface area contributed by atoms with Crippen molar-refractivity contribution in [2.45, 2.75) is 52.4 Å². The number of piperidine rings is 1. The van der Waals surface area contributed by atoms with Crippen molar-refractivity contribution < 1.29 is 4.79 Å². The number of aryl methyl sites for hydroxylation is 1. The van der Waals surface area contributed by atoms with E-state index in [4.69, 9.17) is 0 Å². The molecule has 1 amide bonds. The van der Waals surface area contributed by atoms with Gasteiger partial charge in [-0.05, 0) is 31.7 Å². The van der Waals surface area contributed by atoms with Crippen LogP contribution in [0.2, 0.25) is 0 Å². The Bertz CT molecular complexity index is 742. The molecule has 3 rings (SSSR count). The number of nitrogens with one attached hydrogen (secondary N) is 1. The number of unbranched alkanes of at least 4 members (excludes halogenated alkanes) is 3. The molecule has 1 aromatic carbocycles. The third-order valence-electron chi connectivity index (χ3n) is 5.43. The van der Waals surface area contributed by atoms with Crippen molar-refractivity contribution in [1.29, 1.82) is 0 Å². The summed E-state index contributed by atoms with van der Waals surface area (Å²) in [6.07, 6.45) is 10.4. The molecule has 0 radical (unpaired) electrons. The molecule has 2 heterocycles. The summed E-state index contributed by atoms with van der Waals surface area (Å²) in [4.78, 5) is 23.8. The number of benzene rings is 1. The molecule has 1 saturated heterocycles.